The van der Waals surface area contributed by atoms with E-state index < -0.39 is 0 Å². The van der Waals surface area contributed by atoms with Gasteiger partial charge in [-0.05, 0) is 0 Å². The van der Waals surface area contributed by atoms with Gasteiger partial charge in [0.05, 0.1) is 0 Å². The number of halogens is 1. The Kier molecular flexibility index (Phi) is 122. The molecule has 0 saturated carbocycles. The van der Waals surface area contributed by atoms with E-state index >= 15 is 0 Å². The van der Waals surface area contributed by atoms with Crippen molar-refractivity contribution in [3.63, 3.8) is 0 Å². The first-order chi connectivity index (χ1) is 0. The standard InChI is InChI=1S/FH.Gd.Li.Na.2H/h1H;;;;;. The fraction of sp³-hybridized carbons (Fsp3) is 0. The quantitative estimate of drug-likeness (QED) is 0.442. The summed E-state index contributed by atoms with van der Waals surface area (Å²) in [6.07, 6.45) is 0. The van der Waals surface area contributed by atoms with E-state index in [2.05, 4.69) is 0 Å². The van der Waals surface area contributed by atoms with Gasteiger partial charge in [-0.2, -0.15) is 0 Å². The average Bonchev–Trinajstić information content (AvgIpc) is 0. The van der Waals surface area contributed by atoms with E-state index in [4.69, 9.17) is 0 Å². The van der Waals surface area contributed by atoms with E-state index in [0.29, 0.717) is 0 Å². The zero-order valence-corrected chi connectivity index (χ0v) is 3.03. The van der Waals surface area contributed by atoms with Crippen molar-refractivity contribution in [3.8, 4) is 0 Å². The SMILES string of the molecule is F.[Gd].[LiH].[NaH]. The Bertz CT molecular complexity index is 8.00. The Morgan fingerprint density at radius 3 is 1.00 bits per heavy atom. The van der Waals surface area contributed by atoms with Crippen LogP contribution in [0.25, 0.3) is 0 Å². The summed E-state index contributed by atoms with van der Waals surface area (Å²) in [7, 11) is 0. The van der Waals surface area contributed by atoms with Crippen molar-refractivity contribution in [2.24, 2.45) is 0 Å². The van der Waals surface area contributed by atoms with Crippen molar-refractivity contribution >= 4 is 48.4 Å². The zero-order valence-electron chi connectivity index (χ0n) is 0.762. The van der Waals surface area contributed by atoms with Gasteiger partial charge in [-0.15, -0.1) is 0 Å². The number of hydrogen-bond donors (Lipinski definition) is 0. The van der Waals surface area contributed by atoms with Crippen molar-refractivity contribution in [2.45, 2.75) is 0 Å². The van der Waals surface area contributed by atoms with Crippen LogP contribution in [0.4, 0.5) is 4.70 Å². The Hall–Kier alpha value is 2.85. The summed E-state index contributed by atoms with van der Waals surface area (Å²) in [5.41, 5.74) is 0. The van der Waals surface area contributed by atoms with Crippen LogP contribution >= 0.6 is 0 Å². The Morgan fingerprint density at radius 1 is 1.00 bits per heavy atom. The Balaban J connectivity index is 0. The molecule has 0 unspecified atom stereocenters. The van der Waals surface area contributed by atoms with Gasteiger partial charge < -0.3 is 0 Å². The van der Waals surface area contributed by atoms with Gasteiger partial charge in [-0.1, -0.05) is 0 Å². The van der Waals surface area contributed by atoms with Crippen molar-refractivity contribution in [3.05, 3.63) is 0 Å². The summed E-state index contributed by atoms with van der Waals surface area (Å²) in [6, 6.07) is 0. The summed E-state index contributed by atoms with van der Waals surface area (Å²) in [6.45, 7) is 0. The molecule has 0 heterocycles. The van der Waals surface area contributed by atoms with Crippen LogP contribution in [0.3, 0.4) is 0 Å². The molecule has 0 N–H and O–H groups in total. The zero-order chi connectivity index (χ0) is 0. The predicted octanol–water partition coefficient (Wildman–Crippen LogP) is -1.14. The van der Waals surface area contributed by atoms with Crippen LogP contribution < -0.4 is 0 Å². The molecule has 0 radical (unpaired) electrons. The van der Waals surface area contributed by atoms with E-state index in [1.165, 1.54) is 0 Å². The first kappa shape index (κ1) is 28.8. The van der Waals surface area contributed by atoms with E-state index in [1.807, 2.05) is 0 Å². The van der Waals surface area contributed by atoms with Crippen LogP contribution in [0.1, 0.15) is 0 Å². The van der Waals surface area contributed by atoms with Crippen LogP contribution in [0.2, 0.25) is 0 Å². The Morgan fingerprint density at radius 2 is 1.00 bits per heavy atom. The summed E-state index contributed by atoms with van der Waals surface area (Å²) in [5.74, 6) is 0. The van der Waals surface area contributed by atoms with Crippen molar-refractivity contribution in [1.29, 1.82) is 0 Å². The molecular formula is H3FGdLiNa. The van der Waals surface area contributed by atoms with Crippen LogP contribution in [0.5, 0.6) is 0 Å². The second-order valence-corrected chi connectivity index (χ2v) is 0. The molecule has 0 spiro atoms. The number of rotatable bonds is 0. The third-order valence-corrected chi connectivity index (χ3v) is 0. The van der Waals surface area contributed by atoms with E-state index in [1.54, 1.807) is 0 Å². The summed E-state index contributed by atoms with van der Waals surface area (Å²) >= 11 is 0. The third kappa shape index (κ3) is 8.85. The first-order valence-corrected chi connectivity index (χ1v) is 0. The summed E-state index contributed by atoms with van der Waals surface area (Å²) in [5, 5.41) is 0. The second kappa shape index (κ2) is 16.9. The van der Waals surface area contributed by atoms with Crippen LogP contribution in [-0.2, 0) is 0 Å². The van der Waals surface area contributed by atoms with E-state index in [-0.39, 0.29) is 93.1 Å². The van der Waals surface area contributed by atoms with Crippen LogP contribution in [-0.4, -0.2) is 48.4 Å². The van der Waals surface area contributed by atoms with Gasteiger partial charge in [0.15, 0.2) is 0 Å². The molecule has 0 aliphatic heterocycles. The molecular weight excluding hydrogens is 206 g/mol. The molecule has 0 aromatic heterocycles. The fourth-order valence-electron chi connectivity index (χ4n) is 0. The molecule has 0 rings (SSSR count). The van der Waals surface area contributed by atoms with Gasteiger partial charge in [0.2, 0.25) is 0 Å². The molecule has 0 nitrogen and oxygen atoms in total. The first-order valence-electron chi connectivity index (χ1n) is 0. The predicted molar refractivity (Wildman–Crippen MR) is 16.8 cm³/mol. The minimum atomic E-state index is 0. The molecule has 0 aromatic rings. The normalized spacial score (nSPS) is 0. The maximum atomic E-state index is 0. The van der Waals surface area contributed by atoms with E-state index in [9.17, 15) is 0 Å². The van der Waals surface area contributed by atoms with Gasteiger partial charge in [0.1, 0.15) is 0 Å². The number of hydrogen-bond acceptors (Lipinski definition) is 0. The molecule has 0 aliphatic rings. The van der Waals surface area contributed by atoms with Crippen molar-refractivity contribution < 1.29 is 44.6 Å². The topological polar surface area (TPSA) is 0 Å². The van der Waals surface area contributed by atoms with Gasteiger partial charge in [-0.25, -0.2) is 0 Å². The molecule has 0 aromatic carbocycles. The fourth-order valence-corrected chi connectivity index (χ4v) is 0. The molecule has 0 saturated heterocycles. The molecule has 0 atom stereocenters. The molecule has 0 bridgehead atoms. The molecule has 0 amide bonds. The molecule has 20 valence electrons. The molecule has 4 heteroatoms. The minimum absolute atomic E-state index is 0. The summed E-state index contributed by atoms with van der Waals surface area (Å²) < 4.78 is 0. The van der Waals surface area contributed by atoms with Crippen molar-refractivity contribution in [2.75, 3.05) is 0 Å². The summed E-state index contributed by atoms with van der Waals surface area (Å²) in [4.78, 5) is 0. The molecule has 0 fully saturated rings. The maximum absolute atomic E-state index is 0. The third-order valence-electron chi connectivity index (χ3n) is 0. The second-order valence-electron chi connectivity index (χ2n) is 0. The average molecular weight is 209 g/mol. The molecule has 4 heavy (non-hydrogen) atoms. The van der Waals surface area contributed by atoms with Crippen LogP contribution in [0.15, 0.2) is 0 Å². The van der Waals surface area contributed by atoms with Gasteiger partial charge in [0.25, 0.3) is 0 Å². The Labute approximate surface area is 91.0 Å². The van der Waals surface area contributed by atoms with Gasteiger partial charge in [-0.3, -0.25) is 4.70 Å². The van der Waals surface area contributed by atoms with Gasteiger partial charge in [0, 0.05) is 39.9 Å². The van der Waals surface area contributed by atoms with E-state index in [0.717, 1.165) is 0 Å². The monoisotopic (exact) mass is 210 g/mol. The molecule has 0 aliphatic carbocycles. The van der Waals surface area contributed by atoms with Crippen LogP contribution in [0, 0.1) is 39.9 Å². The van der Waals surface area contributed by atoms with Gasteiger partial charge >= 0.3 is 48.4 Å². The van der Waals surface area contributed by atoms with Crippen molar-refractivity contribution in [1.82, 2.24) is 0 Å².